The fourth-order valence-electron chi connectivity index (χ4n) is 21.4. The maximum Gasteiger partial charge on any atom is 1.00 e. The molecular weight excluding hydrogens is 1730 g/mol. The summed E-state index contributed by atoms with van der Waals surface area (Å²) in [7, 11) is 1.64. The monoisotopic (exact) mass is 1870 g/mol. The number of methoxy groups -OCH3 is 1. The van der Waals surface area contributed by atoms with Crippen molar-refractivity contribution < 1.29 is 85.8 Å². The van der Waals surface area contributed by atoms with Crippen LogP contribution >= 0.6 is 24.0 Å². The van der Waals surface area contributed by atoms with E-state index in [-0.39, 0.29) is 161 Å². The number of aryl methyl sites for hydroxylation is 1. The standard InChI is InChI=1S/C35H45NO5.2C34H41NO4S.C7H6OS.C2H6.CH4.Li/c1-24-19-28(40-2)22-29(20-24)41-23-25-15-17-26(18-16-25)33(37)21-27-11-7-3-4-8-12-30(27)34(38)36-32-14-10-6-5-9-13-31(32)35(36)39;36-31(25-20-18-24(19-21-25)23-40-34(39)26-12-7-5-8-13-26)22-27-14-6-1-2-9-15-28(27)32(37)35-30-17-11-4-3-10-16-29(30)33(35)38;36-31(25-20-18-24(19-21-25)23-39-34(40)26-12-7-5-8-13-26)22-27-14-6-1-2-9-15-28(27)32(37)35-30-17-11-4-3-10-16-29(30)33(35)38;8-7(9)6-4-2-1-3-5-6;1-2;;/h15-20,22,27,30-32H,3-14,21,23H2,1-2H3;2*5,7-8,12-13,18-21,27-30H,1-4,6,9-11,14-17,22-23H2;1-5H,(H,8,9);1-2H3;1H4;/q;;;;;;+1/p-1/t27-,30-,31-,32+;2*27-,28-,29-,30+;;;;/m111..../s1. The Balaban J connectivity index is 0.000000195. The number of benzene rings is 7. The van der Waals surface area contributed by atoms with E-state index in [1.165, 1.54) is 50.3 Å². The van der Waals surface area contributed by atoms with Crippen LogP contribution in [0.15, 0.2) is 182 Å². The summed E-state index contributed by atoms with van der Waals surface area (Å²) in [6.07, 6.45) is 37.9. The van der Waals surface area contributed by atoms with Gasteiger partial charge in [0.1, 0.15) is 24.7 Å². The van der Waals surface area contributed by atoms with Gasteiger partial charge in [-0.25, -0.2) is 0 Å². The number of ketones is 3. The van der Waals surface area contributed by atoms with Gasteiger partial charge >= 0.3 is 18.9 Å². The van der Waals surface area contributed by atoms with Crippen molar-refractivity contribution in [3.63, 3.8) is 0 Å². The zero-order valence-corrected chi connectivity index (χ0v) is 81.7. The second kappa shape index (κ2) is 55.4. The van der Waals surface area contributed by atoms with E-state index in [1.807, 2.05) is 178 Å². The van der Waals surface area contributed by atoms with E-state index < -0.39 is 0 Å². The van der Waals surface area contributed by atoms with E-state index in [0.29, 0.717) is 71.1 Å². The number of hydrogen-bond donors (Lipinski definition) is 0. The average molecular weight is 1870 g/mol. The van der Waals surface area contributed by atoms with Gasteiger partial charge in [-0.05, 0) is 154 Å². The van der Waals surface area contributed by atoms with Crippen LogP contribution in [0.2, 0.25) is 0 Å². The Morgan fingerprint density at radius 3 is 1.01 bits per heavy atom. The Kier molecular flexibility index (Phi) is 44.2. The molecule has 0 unspecified atom stereocenters. The fourth-order valence-corrected chi connectivity index (χ4v) is 22.5. The first-order chi connectivity index (χ1) is 64.3. The number of carbonyl (C=O) groups excluding carboxylic acids is 11. The molecule has 0 bridgehead atoms. The number of hydrogen-bond acceptors (Lipinski definition) is 17. The molecule has 6 saturated carbocycles. The van der Waals surface area contributed by atoms with E-state index in [0.717, 1.165) is 232 Å². The molecule has 9 aliphatic rings. The van der Waals surface area contributed by atoms with E-state index in [2.05, 4.69) is 12.6 Å². The largest absolute Gasteiger partial charge is 1.00 e. The number of nitrogens with zero attached hydrogens (tertiary/aromatic N) is 3. The van der Waals surface area contributed by atoms with Crippen molar-refractivity contribution >= 4 is 105 Å². The molecule has 21 heteroatoms. The summed E-state index contributed by atoms with van der Waals surface area (Å²) in [5, 5.41) is 0.190. The molecule has 712 valence electrons. The Labute approximate surface area is 824 Å². The Morgan fingerprint density at radius 2 is 0.672 bits per heavy atom. The summed E-state index contributed by atoms with van der Waals surface area (Å²) >= 11 is 11.1. The zero-order valence-electron chi connectivity index (χ0n) is 79.2. The zero-order chi connectivity index (χ0) is 93.3. The minimum atomic E-state index is -0.296. The number of thioether (sulfide) groups is 1. The number of β-lactam (4-membered cyclic amide) rings is 3. The van der Waals surface area contributed by atoms with Crippen LogP contribution in [0, 0.1) is 60.2 Å². The number of fused-ring (bicyclic) bond motifs is 3. The minimum Gasteiger partial charge on any atom is -0.737 e. The molecule has 0 radical (unpaired) electrons. The van der Waals surface area contributed by atoms with Crippen LogP contribution in [-0.2, 0) is 65.1 Å². The predicted octanol–water partition coefficient (Wildman–Crippen LogP) is 22.6. The second-order valence-electron chi connectivity index (χ2n) is 37.7. The quantitative estimate of drug-likeness (QED) is 0.0145. The normalized spacial score (nSPS) is 23.4. The number of likely N-dealkylation sites (tertiary alicyclic amines) is 3. The van der Waals surface area contributed by atoms with Gasteiger partial charge in [0.2, 0.25) is 40.6 Å². The summed E-state index contributed by atoms with van der Waals surface area (Å²) in [5.41, 5.74) is 8.10. The van der Waals surface area contributed by atoms with E-state index in [1.54, 1.807) is 46.1 Å². The van der Waals surface area contributed by atoms with Crippen LogP contribution < -0.4 is 28.3 Å². The number of ether oxygens (including phenoxy) is 3. The van der Waals surface area contributed by atoms with Crippen LogP contribution in [0.25, 0.3) is 0 Å². The van der Waals surface area contributed by atoms with Crippen molar-refractivity contribution in [3.8, 4) is 11.5 Å². The Bertz CT molecular complexity index is 4790. The molecule has 3 heterocycles. The molecule has 0 N–H and O–H groups in total. The van der Waals surface area contributed by atoms with Crippen LogP contribution in [-0.4, -0.2) is 108 Å². The minimum absolute atomic E-state index is 0. The SMILES string of the molecule is C.CC.COc1cc(C)cc(OCc2ccc(C(=O)C[C@H]3CCCCCC[C@H]3C(=O)N3C(=O)[C@@H]4CCCCCC[C@@H]43)cc2)c1.O=C(C[C@H]1CCCCCC[C@H]1C(=O)N1C(=O)[C@@H]2CCCCCC[C@@H]21)c1ccc(COC(=S)c2ccccc2)cc1.O=C(C[C@H]1CCCCCC[C@H]1C(=O)N1C(=O)[C@@H]2CCCCCC[C@@H]21)c1ccc(CSC(=O)c2ccccc2)cc1.O=C([S-])c1ccccc1.[Li+]. The fraction of sp³-hybridized carbons (Fsp3) is 0.522. The molecule has 0 spiro atoms. The molecule has 17 nitrogen and oxygen atoms in total. The Morgan fingerprint density at radius 1 is 0.366 bits per heavy atom. The summed E-state index contributed by atoms with van der Waals surface area (Å²) in [6.45, 7) is 6.74. The Hall–Kier alpha value is -9.03. The van der Waals surface area contributed by atoms with Crippen molar-refractivity contribution in [1.29, 1.82) is 0 Å². The van der Waals surface area contributed by atoms with E-state index in [4.69, 9.17) is 26.4 Å². The van der Waals surface area contributed by atoms with Crippen LogP contribution in [0.5, 0.6) is 11.5 Å². The number of Topliss-reactive ketones (excluding diaryl/α,β-unsaturated/α-hetero) is 3. The number of amides is 6. The molecule has 6 amide bonds. The topological polar surface area (TPSA) is 225 Å². The number of imide groups is 3. The summed E-state index contributed by atoms with van der Waals surface area (Å²) in [4.78, 5) is 149. The molecule has 7 aromatic carbocycles. The van der Waals surface area contributed by atoms with Crippen LogP contribution in [0.3, 0.4) is 0 Å². The number of carbonyl (C=O) groups is 11. The molecule has 6 aliphatic carbocycles. The van der Waals surface area contributed by atoms with Crippen LogP contribution in [0.1, 0.15) is 351 Å². The van der Waals surface area contributed by atoms with Gasteiger partial charge in [-0.1, -0.05) is 351 Å². The number of thiocarbonyl (C=S) groups is 1. The summed E-state index contributed by atoms with van der Waals surface area (Å²) in [5.74, 6) is 1.61. The third-order valence-corrected chi connectivity index (χ3v) is 30.4. The molecule has 9 fully saturated rings. The van der Waals surface area contributed by atoms with E-state index >= 15 is 0 Å². The molecule has 0 aromatic heterocycles. The first-order valence-electron chi connectivity index (χ1n) is 49.8. The van der Waals surface area contributed by atoms with Gasteiger partial charge in [0.25, 0.3) is 0 Å². The average Bonchev–Trinajstić information content (AvgIpc) is 0.758. The van der Waals surface area contributed by atoms with Gasteiger partial charge in [0, 0.05) is 81.8 Å². The maximum atomic E-state index is 13.9. The molecule has 12 atom stereocenters. The summed E-state index contributed by atoms with van der Waals surface area (Å²) in [6, 6.07) is 56.4. The van der Waals surface area contributed by atoms with Crippen LogP contribution in [0.4, 0.5) is 0 Å². The molecule has 3 aliphatic heterocycles. The van der Waals surface area contributed by atoms with Crippen molar-refractivity contribution in [2.75, 3.05) is 7.11 Å². The van der Waals surface area contributed by atoms with Crippen molar-refractivity contribution in [2.24, 2.45) is 53.3 Å². The van der Waals surface area contributed by atoms with Gasteiger partial charge in [0.15, 0.2) is 22.4 Å². The van der Waals surface area contributed by atoms with Gasteiger partial charge in [-0.15, -0.1) is 0 Å². The molecule has 16 rings (SSSR count). The van der Waals surface area contributed by atoms with Gasteiger partial charge in [-0.3, -0.25) is 62.6 Å². The molecule has 3 saturated heterocycles. The van der Waals surface area contributed by atoms with Crippen molar-refractivity contribution in [1.82, 2.24) is 14.7 Å². The van der Waals surface area contributed by atoms with Crippen molar-refractivity contribution in [2.45, 2.75) is 316 Å². The van der Waals surface area contributed by atoms with Gasteiger partial charge in [0.05, 0.1) is 43.0 Å². The van der Waals surface area contributed by atoms with E-state index in [9.17, 15) is 52.7 Å². The number of rotatable bonds is 23. The molecular formula is C113H142LiN3O14S3. The molecule has 7 aromatic rings. The third kappa shape index (κ3) is 29.8. The first kappa shape index (κ1) is 107. The first-order valence-corrected chi connectivity index (χ1v) is 51.6. The van der Waals surface area contributed by atoms with Crippen molar-refractivity contribution in [3.05, 3.63) is 238 Å². The van der Waals surface area contributed by atoms with Gasteiger partial charge < -0.3 is 31.6 Å². The predicted molar refractivity (Wildman–Crippen MR) is 534 cm³/mol. The smallest absolute Gasteiger partial charge is 0.737 e. The summed E-state index contributed by atoms with van der Waals surface area (Å²) < 4.78 is 17.1. The van der Waals surface area contributed by atoms with Gasteiger partial charge in [-0.2, -0.15) is 0 Å². The second-order valence-corrected chi connectivity index (χ2v) is 39.4. The molecule has 134 heavy (non-hydrogen) atoms. The third-order valence-electron chi connectivity index (χ3n) is 28.8. The maximum absolute atomic E-state index is 13.9.